The van der Waals surface area contributed by atoms with Crippen molar-refractivity contribution >= 4 is 21.9 Å². The number of rotatable bonds is 7. The quantitative estimate of drug-likeness (QED) is 0.636. The lowest BCUT2D eigenvalue weighted by atomic mass is 9.88. The summed E-state index contributed by atoms with van der Waals surface area (Å²) in [6, 6.07) is 4.10. The van der Waals surface area contributed by atoms with Crippen molar-refractivity contribution in [2.24, 2.45) is 5.14 Å². The molecule has 0 saturated heterocycles. The first-order valence-corrected chi connectivity index (χ1v) is 12.5. The average molecular weight is 453 g/mol. The van der Waals surface area contributed by atoms with Gasteiger partial charge in [0.25, 0.3) is 5.91 Å². The van der Waals surface area contributed by atoms with E-state index in [1.807, 2.05) is 4.90 Å². The largest absolute Gasteiger partial charge is 0.496 e. The Morgan fingerprint density at radius 2 is 1.55 bits per heavy atom. The van der Waals surface area contributed by atoms with Gasteiger partial charge in [0, 0.05) is 12.1 Å². The van der Waals surface area contributed by atoms with Crippen molar-refractivity contribution in [3.8, 4) is 5.75 Å². The smallest absolute Gasteiger partial charge is 0.342 e. The zero-order valence-electron chi connectivity index (χ0n) is 18.0. The fraction of sp³-hybridized carbons (Fsp3) is 0.636. The summed E-state index contributed by atoms with van der Waals surface area (Å²) in [4.78, 5) is 27.6. The van der Waals surface area contributed by atoms with E-state index in [1.165, 1.54) is 32.1 Å². The number of sulfonamides is 1. The van der Waals surface area contributed by atoms with Crippen molar-refractivity contribution in [3.05, 3.63) is 23.8 Å². The SMILES string of the molecule is COc1ccc(S(N)(=O)=O)cc1C(=O)OCC(=O)N(C1CCCCC1)C1CCCCC1. The molecule has 9 heteroatoms. The first kappa shape index (κ1) is 23.5. The summed E-state index contributed by atoms with van der Waals surface area (Å²) >= 11 is 0. The molecule has 1 aromatic rings. The topological polar surface area (TPSA) is 116 Å². The maximum atomic E-state index is 13.2. The number of hydrogen-bond acceptors (Lipinski definition) is 6. The number of hydrogen-bond donors (Lipinski definition) is 1. The van der Waals surface area contributed by atoms with Gasteiger partial charge in [-0.3, -0.25) is 4.79 Å². The number of esters is 1. The molecule has 1 aromatic carbocycles. The molecule has 0 unspecified atom stereocenters. The van der Waals surface area contributed by atoms with Crippen molar-refractivity contribution in [3.63, 3.8) is 0 Å². The summed E-state index contributed by atoms with van der Waals surface area (Å²) < 4.78 is 33.7. The lowest BCUT2D eigenvalue weighted by Gasteiger charge is -2.41. The van der Waals surface area contributed by atoms with E-state index in [4.69, 9.17) is 14.6 Å². The second kappa shape index (κ2) is 10.5. The second-order valence-electron chi connectivity index (χ2n) is 8.37. The first-order chi connectivity index (χ1) is 14.8. The minimum atomic E-state index is -4.00. The lowest BCUT2D eigenvalue weighted by Crippen LogP contribution is -2.50. The van der Waals surface area contributed by atoms with Crippen LogP contribution in [0.3, 0.4) is 0 Å². The Hall–Kier alpha value is -2.13. The molecule has 2 saturated carbocycles. The Morgan fingerprint density at radius 3 is 2.03 bits per heavy atom. The highest BCUT2D eigenvalue weighted by atomic mass is 32.2. The van der Waals surface area contributed by atoms with Crippen LogP contribution >= 0.6 is 0 Å². The monoisotopic (exact) mass is 452 g/mol. The highest BCUT2D eigenvalue weighted by Crippen LogP contribution is 2.30. The van der Waals surface area contributed by atoms with Gasteiger partial charge in [0.1, 0.15) is 11.3 Å². The van der Waals surface area contributed by atoms with Gasteiger partial charge in [0.2, 0.25) is 10.0 Å². The van der Waals surface area contributed by atoms with Crippen LogP contribution in [0.4, 0.5) is 0 Å². The van der Waals surface area contributed by atoms with E-state index >= 15 is 0 Å². The predicted molar refractivity (Wildman–Crippen MR) is 115 cm³/mol. The van der Waals surface area contributed by atoms with Gasteiger partial charge in [-0.15, -0.1) is 0 Å². The fourth-order valence-corrected chi connectivity index (χ4v) is 5.27. The summed E-state index contributed by atoms with van der Waals surface area (Å²) in [5.74, 6) is -0.849. The number of benzene rings is 1. The van der Waals surface area contributed by atoms with E-state index in [0.717, 1.165) is 57.4 Å². The van der Waals surface area contributed by atoms with Crippen LogP contribution in [-0.2, 0) is 19.6 Å². The van der Waals surface area contributed by atoms with Crippen LogP contribution in [-0.4, -0.2) is 51.0 Å². The maximum absolute atomic E-state index is 13.2. The molecule has 0 atom stereocenters. The maximum Gasteiger partial charge on any atom is 0.342 e. The molecule has 0 radical (unpaired) electrons. The molecule has 2 aliphatic carbocycles. The molecule has 0 heterocycles. The van der Waals surface area contributed by atoms with Crippen LogP contribution in [0.2, 0.25) is 0 Å². The molecule has 0 bridgehead atoms. The van der Waals surface area contributed by atoms with Gasteiger partial charge in [0.05, 0.1) is 12.0 Å². The highest BCUT2D eigenvalue weighted by Gasteiger charge is 2.33. The molecular formula is C22H32N2O6S. The van der Waals surface area contributed by atoms with Gasteiger partial charge >= 0.3 is 5.97 Å². The number of carbonyl (C=O) groups is 2. The second-order valence-corrected chi connectivity index (χ2v) is 9.93. The molecule has 0 aromatic heterocycles. The summed E-state index contributed by atoms with van der Waals surface area (Å²) in [6.45, 7) is -0.380. The van der Waals surface area contributed by atoms with E-state index in [1.54, 1.807) is 0 Å². The third-order valence-electron chi connectivity index (χ3n) is 6.27. The van der Waals surface area contributed by atoms with E-state index in [-0.39, 0.29) is 40.8 Å². The van der Waals surface area contributed by atoms with Gasteiger partial charge in [-0.25, -0.2) is 18.4 Å². The molecule has 31 heavy (non-hydrogen) atoms. The predicted octanol–water partition coefficient (Wildman–Crippen LogP) is 2.99. The molecule has 2 aliphatic rings. The summed E-state index contributed by atoms with van der Waals surface area (Å²) in [7, 11) is -2.63. The zero-order valence-corrected chi connectivity index (χ0v) is 18.9. The number of ether oxygens (including phenoxy) is 2. The van der Waals surface area contributed by atoms with Crippen LogP contribution in [0.25, 0.3) is 0 Å². The van der Waals surface area contributed by atoms with Crippen molar-refractivity contribution in [1.82, 2.24) is 4.90 Å². The number of amides is 1. The summed E-state index contributed by atoms with van der Waals surface area (Å²) in [5.41, 5.74) is -0.0799. The first-order valence-electron chi connectivity index (χ1n) is 11.0. The van der Waals surface area contributed by atoms with Gasteiger partial charge in [-0.2, -0.15) is 0 Å². The van der Waals surface area contributed by atoms with Crippen LogP contribution in [0.15, 0.2) is 23.1 Å². The average Bonchev–Trinajstić information content (AvgIpc) is 2.78. The third kappa shape index (κ3) is 5.98. The Bertz CT molecular complexity index is 871. The lowest BCUT2D eigenvalue weighted by molar-refractivity contribution is -0.141. The number of methoxy groups -OCH3 is 1. The van der Waals surface area contributed by atoms with Gasteiger partial charge in [-0.1, -0.05) is 38.5 Å². The van der Waals surface area contributed by atoms with Crippen LogP contribution in [0.1, 0.15) is 74.6 Å². The molecule has 8 nitrogen and oxygen atoms in total. The Kier molecular flexibility index (Phi) is 7.94. The number of carbonyl (C=O) groups excluding carboxylic acids is 2. The van der Waals surface area contributed by atoms with Crippen LogP contribution in [0.5, 0.6) is 5.75 Å². The van der Waals surface area contributed by atoms with Gasteiger partial charge in [0.15, 0.2) is 6.61 Å². The molecule has 0 aliphatic heterocycles. The Labute approximate surface area is 184 Å². The number of nitrogens with zero attached hydrogens (tertiary/aromatic N) is 1. The van der Waals surface area contributed by atoms with Crippen molar-refractivity contribution < 1.29 is 27.5 Å². The minimum Gasteiger partial charge on any atom is -0.496 e. The number of nitrogens with two attached hydrogens (primary N) is 1. The molecule has 2 fully saturated rings. The van der Waals surface area contributed by atoms with E-state index in [0.29, 0.717) is 0 Å². The minimum absolute atomic E-state index is 0.0799. The van der Waals surface area contributed by atoms with Crippen LogP contribution in [0, 0.1) is 0 Å². The Balaban J connectivity index is 1.73. The molecule has 3 rings (SSSR count). The molecular weight excluding hydrogens is 420 g/mol. The fourth-order valence-electron chi connectivity index (χ4n) is 4.73. The van der Waals surface area contributed by atoms with E-state index in [2.05, 4.69) is 0 Å². The van der Waals surface area contributed by atoms with Crippen molar-refractivity contribution in [2.45, 2.75) is 81.2 Å². The summed E-state index contributed by atoms with van der Waals surface area (Å²) in [6.07, 6.45) is 10.8. The summed E-state index contributed by atoms with van der Waals surface area (Å²) in [5, 5.41) is 5.16. The van der Waals surface area contributed by atoms with E-state index < -0.39 is 16.0 Å². The van der Waals surface area contributed by atoms with E-state index in [9.17, 15) is 18.0 Å². The molecule has 0 spiro atoms. The molecule has 1 amide bonds. The highest BCUT2D eigenvalue weighted by molar-refractivity contribution is 7.89. The molecule has 2 N–H and O–H groups in total. The number of primary sulfonamides is 1. The Morgan fingerprint density at radius 1 is 1.00 bits per heavy atom. The van der Waals surface area contributed by atoms with Crippen molar-refractivity contribution in [2.75, 3.05) is 13.7 Å². The van der Waals surface area contributed by atoms with Crippen LogP contribution < -0.4 is 9.88 Å². The van der Waals surface area contributed by atoms with Gasteiger partial charge < -0.3 is 14.4 Å². The normalized spacial score (nSPS) is 18.4. The standard InChI is InChI=1S/C22H32N2O6S/c1-29-20-13-12-18(31(23,27)28)14-19(20)22(26)30-15-21(25)24(16-8-4-2-5-9-16)17-10-6-3-7-11-17/h12-14,16-17H,2-11,15H2,1H3,(H2,23,27,28). The third-order valence-corrected chi connectivity index (χ3v) is 7.18. The van der Waals surface area contributed by atoms with Gasteiger partial charge in [-0.05, 0) is 43.9 Å². The van der Waals surface area contributed by atoms with Crippen molar-refractivity contribution in [1.29, 1.82) is 0 Å². The molecule has 172 valence electrons. The zero-order chi connectivity index (χ0) is 22.4.